The van der Waals surface area contributed by atoms with Gasteiger partial charge in [-0.25, -0.2) is 0 Å². The molecule has 0 aromatic heterocycles. The molecule has 0 atom stereocenters. The van der Waals surface area contributed by atoms with Crippen LogP contribution >= 0.6 is 0 Å². The quantitative estimate of drug-likeness (QED) is 0.724. The summed E-state index contributed by atoms with van der Waals surface area (Å²) in [5, 5.41) is 3.85. The summed E-state index contributed by atoms with van der Waals surface area (Å²) in [6, 6.07) is 0.730. The van der Waals surface area contributed by atoms with Gasteiger partial charge < -0.3 is 5.32 Å². The van der Waals surface area contributed by atoms with Crippen LogP contribution in [-0.4, -0.2) is 11.6 Å². The summed E-state index contributed by atoms with van der Waals surface area (Å²) in [5.41, 5.74) is 0.434. The highest BCUT2D eigenvalue weighted by molar-refractivity contribution is 4.90. The van der Waals surface area contributed by atoms with E-state index in [0.29, 0.717) is 5.54 Å². The molecule has 14 heavy (non-hydrogen) atoms. The van der Waals surface area contributed by atoms with Crippen molar-refractivity contribution in [3.8, 4) is 0 Å². The van der Waals surface area contributed by atoms with E-state index in [1.807, 2.05) is 0 Å². The van der Waals surface area contributed by atoms with Crippen LogP contribution in [0.1, 0.15) is 66.2 Å². The molecule has 84 valence electrons. The molecule has 1 N–H and O–H groups in total. The molecule has 0 heterocycles. The Morgan fingerprint density at radius 1 is 1.21 bits per heavy atom. The third-order valence-corrected chi connectivity index (χ3v) is 3.92. The molecular weight excluding hydrogens is 170 g/mol. The van der Waals surface area contributed by atoms with Crippen molar-refractivity contribution in [2.75, 3.05) is 0 Å². The van der Waals surface area contributed by atoms with Gasteiger partial charge in [-0.3, -0.25) is 0 Å². The van der Waals surface area contributed by atoms with Crippen LogP contribution in [0.25, 0.3) is 0 Å². The van der Waals surface area contributed by atoms with E-state index < -0.39 is 0 Å². The lowest BCUT2D eigenvalue weighted by Crippen LogP contribution is -2.49. The van der Waals surface area contributed by atoms with Crippen LogP contribution in [0.15, 0.2) is 0 Å². The molecule has 0 radical (unpaired) electrons. The Hall–Kier alpha value is -0.0400. The van der Waals surface area contributed by atoms with E-state index in [1.54, 1.807) is 0 Å². The standard InChI is InChI=1S/C13H27N/c1-5-12(6-2)14-13(4)9-7-11(3)8-10-13/h11-12,14H,5-10H2,1-4H3. The normalized spacial score (nSPS) is 33.6. The van der Waals surface area contributed by atoms with Crippen LogP contribution in [0.4, 0.5) is 0 Å². The second kappa shape index (κ2) is 5.16. The molecule has 0 saturated heterocycles. The summed E-state index contributed by atoms with van der Waals surface area (Å²) in [5.74, 6) is 0.951. The Kier molecular flexibility index (Phi) is 4.43. The van der Waals surface area contributed by atoms with Crippen molar-refractivity contribution >= 4 is 0 Å². The predicted molar refractivity (Wildman–Crippen MR) is 63.5 cm³/mol. The van der Waals surface area contributed by atoms with Crippen LogP contribution in [0.5, 0.6) is 0 Å². The van der Waals surface area contributed by atoms with Gasteiger partial charge >= 0.3 is 0 Å². The second-order valence-corrected chi connectivity index (χ2v) is 5.40. The lowest BCUT2D eigenvalue weighted by molar-refractivity contribution is 0.191. The third-order valence-electron chi connectivity index (χ3n) is 3.92. The molecular formula is C13H27N. The van der Waals surface area contributed by atoms with Gasteiger partial charge in [-0.05, 0) is 51.4 Å². The maximum atomic E-state index is 3.85. The third kappa shape index (κ3) is 3.27. The van der Waals surface area contributed by atoms with E-state index in [4.69, 9.17) is 0 Å². The highest BCUT2D eigenvalue weighted by Gasteiger charge is 2.30. The van der Waals surface area contributed by atoms with Gasteiger partial charge in [-0.1, -0.05) is 20.8 Å². The van der Waals surface area contributed by atoms with Gasteiger partial charge in [-0.15, -0.1) is 0 Å². The minimum absolute atomic E-state index is 0.434. The summed E-state index contributed by atoms with van der Waals surface area (Å²) in [6.45, 7) is 9.37. The van der Waals surface area contributed by atoms with Crippen molar-refractivity contribution < 1.29 is 0 Å². The summed E-state index contributed by atoms with van der Waals surface area (Å²) < 4.78 is 0. The zero-order chi connectivity index (χ0) is 10.6. The zero-order valence-electron chi connectivity index (χ0n) is 10.4. The molecule has 0 aromatic carbocycles. The first-order valence-electron chi connectivity index (χ1n) is 6.37. The van der Waals surface area contributed by atoms with Crippen molar-refractivity contribution in [1.82, 2.24) is 5.32 Å². The SMILES string of the molecule is CCC(CC)NC1(C)CCC(C)CC1. The van der Waals surface area contributed by atoms with E-state index in [1.165, 1.54) is 38.5 Å². The number of hydrogen-bond donors (Lipinski definition) is 1. The largest absolute Gasteiger partial charge is 0.309 e. The molecule has 0 aliphatic heterocycles. The summed E-state index contributed by atoms with van der Waals surface area (Å²) >= 11 is 0. The minimum Gasteiger partial charge on any atom is -0.309 e. The summed E-state index contributed by atoms with van der Waals surface area (Å²) in [6.07, 6.45) is 8.08. The van der Waals surface area contributed by atoms with Crippen molar-refractivity contribution in [1.29, 1.82) is 0 Å². The second-order valence-electron chi connectivity index (χ2n) is 5.40. The molecule has 1 nitrogen and oxygen atoms in total. The first kappa shape index (κ1) is 12.0. The fourth-order valence-electron chi connectivity index (χ4n) is 2.53. The van der Waals surface area contributed by atoms with Gasteiger partial charge in [0, 0.05) is 11.6 Å². The van der Waals surface area contributed by atoms with Crippen LogP contribution in [-0.2, 0) is 0 Å². The molecule has 1 fully saturated rings. The highest BCUT2D eigenvalue weighted by Crippen LogP contribution is 2.32. The Morgan fingerprint density at radius 2 is 1.71 bits per heavy atom. The van der Waals surface area contributed by atoms with E-state index in [9.17, 15) is 0 Å². The average molecular weight is 197 g/mol. The number of nitrogens with one attached hydrogen (secondary N) is 1. The van der Waals surface area contributed by atoms with Gasteiger partial charge in [0.1, 0.15) is 0 Å². The van der Waals surface area contributed by atoms with E-state index in [0.717, 1.165) is 12.0 Å². The van der Waals surface area contributed by atoms with Gasteiger partial charge in [0.2, 0.25) is 0 Å². The molecule has 1 heteroatoms. The lowest BCUT2D eigenvalue weighted by atomic mass is 9.78. The first-order valence-corrected chi connectivity index (χ1v) is 6.37. The fourth-order valence-corrected chi connectivity index (χ4v) is 2.53. The van der Waals surface area contributed by atoms with Crippen LogP contribution in [0.3, 0.4) is 0 Å². The van der Waals surface area contributed by atoms with Crippen molar-refractivity contribution in [2.24, 2.45) is 5.92 Å². The van der Waals surface area contributed by atoms with E-state index in [2.05, 4.69) is 33.0 Å². The molecule has 0 bridgehead atoms. The van der Waals surface area contributed by atoms with Crippen LogP contribution in [0.2, 0.25) is 0 Å². The van der Waals surface area contributed by atoms with Crippen LogP contribution < -0.4 is 5.32 Å². The van der Waals surface area contributed by atoms with Gasteiger partial charge in [-0.2, -0.15) is 0 Å². The maximum absolute atomic E-state index is 3.85. The molecule has 1 saturated carbocycles. The highest BCUT2D eigenvalue weighted by atomic mass is 15.0. The van der Waals surface area contributed by atoms with Gasteiger partial charge in [0.25, 0.3) is 0 Å². The van der Waals surface area contributed by atoms with E-state index in [-0.39, 0.29) is 0 Å². The topological polar surface area (TPSA) is 12.0 Å². The van der Waals surface area contributed by atoms with Gasteiger partial charge in [0.15, 0.2) is 0 Å². The number of hydrogen-bond acceptors (Lipinski definition) is 1. The molecule has 0 spiro atoms. The fraction of sp³-hybridized carbons (Fsp3) is 1.00. The van der Waals surface area contributed by atoms with Crippen LogP contribution in [0, 0.1) is 5.92 Å². The molecule has 0 unspecified atom stereocenters. The average Bonchev–Trinajstić information content (AvgIpc) is 2.20. The Morgan fingerprint density at radius 3 is 2.14 bits per heavy atom. The van der Waals surface area contributed by atoms with Gasteiger partial charge in [0.05, 0.1) is 0 Å². The Bertz CT molecular complexity index is 153. The molecule has 1 aliphatic rings. The minimum atomic E-state index is 0.434. The van der Waals surface area contributed by atoms with E-state index >= 15 is 0 Å². The first-order chi connectivity index (χ1) is 6.59. The Labute approximate surface area is 89.7 Å². The van der Waals surface area contributed by atoms with Crippen molar-refractivity contribution in [3.63, 3.8) is 0 Å². The molecule has 1 rings (SSSR count). The molecule has 0 amide bonds. The zero-order valence-corrected chi connectivity index (χ0v) is 10.4. The molecule has 0 aromatic rings. The predicted octanol–water partition coefficient (Wildman–Crippen LogP) is 3.73. The number of rotatable bonds is 4. The monoisotopic (exact) mass is 197 g/mol. The maximum Gasteiger partial charge on any atom is 0.0156 e. The summed E-state index contributed by atoms with van der Waals surface area (Å²) in [4.78, 5) is 0. The summed E-state index contributed by atoms with van der Waals surface area (Å²) in [7, 11) is 0. The molecule has 1 aliphatic carbocycles. The Balaban J connectivity index is 2.41. The smallest absolute Gasteiger partial charge is 0.0156 e. The van der Waals surface area contributed by atoms with Crippen molar-refractivity contribution in [3.05, 3.63) is 0 Å². The van der Waals surface area contributed by atoms with Crippen molar-refractivity contribution in [2.45, 2.75) is 77.8 Å². The lowest BCUT2D eigenvalue weighted by Gasteiger charge is -2.40.